The number of hydrogen-bond acceptors (Lipinski definition) is 4. The summed E-state index contributed by atoms with van der Waals surface area (Å²) in [6.07, 6.45) is 1.82. The van der Waals surface area contributed by atoms with Gasteiger partial charge in [-0.05, 0) is 0 Å². The topological polar surface area (TPSA) is 55.8 Å². The summed E-state index contributed by atoms with van der Waals surface area (Å²) < 4.78 is 12.5. The third-order valence-corrected chi connectivity index (χ3v) is 7.25. The molecule has 0 aromatic heterocycles. The Morgan fingerprint density at radius 3 is 2.29 bits per heavy atom. The minimum absolute atomic E-state index is 0.00798. The quantitative estimate of drug-likeness (QED) is 0.430. The van der Waals surface area contributed by atoms with Crippen LogP contribution in [0.4, 0.5) is 4.79 Å². The minimum atomic E-state index is -0.592. The summed E-state index contributed by atoms with van der Waals surface area (Å²) in [7, 11) is 0. The first-order chi connectivity index (χ1) is 14.8. The standard InChI is InChI=1S/C25H31NO4Se/c1-25(2,3)30-23(27)22-15-14-20(16-17-31-21-12-8-5-9-13-21)26(22)24(28)29-18-19-10-6-4-7-11-19/h4-13,20,22H,14-18H2,1-3H3/t20-,22+/m1/s1. The van der Waals surface area contributed by atoms with Crippen LogP contribution in [-0.2, 0) is 20.9 Å². The molecule has 2 atom stereocenters. The van der Waals surface area contributed by atoms with Crippen molar-refractivity contribution in [2.24, 2.45) is 0 Å². The molecule has 0 bridgehead atoms. The molecule has 0 aliphatic carbocycles. The fourth-order valence-electron chi connectivity index (χ4n) is 3.67. The van der Waals surface area contributed by atoms with Crippen LogP contribution in [0.2, 0.25) is 5.32 Å². The van der Waals surface area contributed by atoms with Gasteiger partial charge in [-0.1, -0.05) is 0 Å². The number of nitrogens with zero attached hydrogens (tertiary/aromatic N) is 1. The Kier molecular flexibility index (Phi) is 8.16. The number of rotatable bonds is 7. The van der Waals surface area contributed by atoms with Gasteiger partial charge in [-0.2, -0.15) is 0 Å². The average Bonchev–Trinajstić information content (AvgIpc) is 3.16. The maximum atomic E-state index is 13.0. The van der Waals surface area contributed by atoms with Crippen LogP contribution in [0.5, 0.6) is 0 Å². The van der Waals surface area contributed by atoms with Gasteiger partial charge >= 0.3 is 191 Å². The molecule has 1 fully saturated rings. The van der Waals surface area contributed by atoms with E-state index < -0.39 is 17.7 Å². The molecule has 1 heterocycles. The number of likely N-dealkylation sites (tertiary alicyclic amines) is 1. The monoisotopic (exact) mass is 489 g/mol. The van der Waals surface area contributed by atoms with Gasteiger partial charge in [0.15, 0.2) is 0 Å². The Bertz CT molecular complexity index is 851. The van der Waals surface area contributed by atoms with Gasteiger partial charge in [-0.25, -0.2) is 0 Å². The van der Waals surface area contributed by atoms with E-state index in [-0.39, 0.29) is 18.6 Å². The Morgan fingerprint density at radius 1 is 1.00 bits per heavy atom. The number of amides is 1. The molecule has 1 aliphatic heterocycles. The van der Waals surface area contributed by atoms with Crippen molar-refractivity contribution in [1.82, 2.24) is 4.90 Å². The summed E-state index contributed by atoms with van der Waals surface area (Å²) in [6, 6.07) is 19.4. The Labute approximate surface area is 191 Å². The number of carbonyl (C=O) groups excluding carboxylic acids is 2. The van der Waals surface area contributed by atoms with Gasteiger partial charge in [0.25, 0.3) is 0 Å². The fourth-order valence-corrected chi connectivity index (χ4v) is 5.71. The van der Waals surface area contributed by atoms with Crippen molar-refractivity contribution in [3.8, 4) is 0 Å². The molecule has 2 aromatic rings. The van der Waals surface area contributed by atoms with Gasteiger partial charge in [0, 0.05) is 0 Å². The van der Waals surface area contributed by atoms with Gasteiger partial charge in [0.2, 0.25) is 0 Å². The van der Waals surface area contributed by atoms with E-state index in [0.717, 1.165) is 23.7 Å². The van der Waals surface area contributed by atoms with Crippen LogP contribution >= 0.6 is 0 Å². The molecule has 0 radical (unpaired) electrons. The van der Waals surface area contributed by atoms with Gasteiger partial charge in [0.1, 0.15) is 0 Å². The molecule has 0 spiro atoms. The van der Waals surface area contributed by atoms with Crippen molar-refractivity contribution < 1.29 is 19.1 Å². The van der Waals surface area contributed by atoms with E-state index in [1.165, 1.54) is 4.46 Å². The van der Waals surface area contributed by atoms with Crippen LogP contribution in [-0.4, -0.2) is 49.6 Å². The Hall–Kier alpha value is -2.30. The molecule has 31 heavy (non-hydrogen) atoms. The van der Waals surface area contributed by atoms with Crippen molar-refractivity contribution in [1.29, 1.82) is 0 Å². The zero-order valence-electron chi connectivity index (χ0n) is 18.5. The molecule has 2 aromatic carbocycles. The van der Waals surface area contributed by atoms with E-state index in [1.807, 2.05) is 57.2 Å². The third-order valence-electron chi connectivity index (χ3n) is 5.06. The average molecular weight is 488 g/mol. The summed E-state index contributed by atoms with van der Waals surface area (Å²) in [5, 5.41) is 1.01. The van der Waals surface area contributed by atoms with Gasteiger partial charge in [-0.15, -0.1) is 0 Å². The van der Waals surface area contributed by atoms with E-state index in [0.29, 0.717) is 21.4 Å². The van der Waals surface area contributed by atoms with Crippen LogP contribution in [0.25, 0.3) is 0 Å². The van der Waals surface area contributed by atoms with Gasteiger partial charge < -0.3 is 0 Å². The molecule has 0 saturated carbocycles. The molecule has 1 saturated heterocycles. The molecule has 0 unspecified atom stereocenters. The fraction of sp³-hybridized carbons (Fsp3) is 0.440. The molecule has 6 heteroatoms. The molecule has 1 aliphatic rings. The van der Waals surface area contributed by atoms with E-state index in [2.05, 4.69) is 24.3 Å². The molecule has 1 amide bonds. The predicted molar refractivity (Wildman–Crippen MR) is 122 cm³/mol. The number of benzene rings is 2. The molecule has 3 rings (SSSR count). The molecule has 5 nitrogen and oxygen atoms in total. The summed E-state index contributed by atoms with van der Waals surface area (Å²) in [5.74, 6) is -0.347. The number of ether oxygens (including phenoxy) is 2. The summed E-state index contributed by atoms with van der Waals surface area (Å²) >= 11 is 0.338. The van der Waals surface area contributed by atoms with Crippen LogP contribution in [0.3, 0.4) is 0 Å². The maximum absolute atomic E-state index is 13.0. The zero-order chi connectivity index (χ0) is 22.3. The predicted octanol–water partition coefficient (Wildman–Crippen LogP) is 4.34. The Balaban J connectivity index is 1.66. The first kappa shape index (κ1) is 23.4. The van der Waals surface area contributed by atoms with Crippen LogP contribution in [0.1, 0.15) is 45.6 Å². The van der Waals surface area contributed by atoms with Crippen LogP contribution in [0.15, 0.2) is 60.7 Å². The second kappa shape index (κ2) is 10.8. The summed E-state index contributed by atoms with van der Waals surface area (Å²) in [4.78, 5) is 27.5. The van der Waals surface area contributed by atoms with Crippen molar-refractivity contribution in [2.75, 3.05) is 0 Å². The second-order valence-electron chi connectivity index (χ2n) is 8.68. The molecule has 166 valence electrons. The third kappa shape index (κ3) is 7.12. The second-order valence-corrected chi connectivity index (χ2v) is 11.1. The van der Waals surface area contributed by atoms with Crippen molar-refractivity contribution >= 4 is 31.5 Å². The van der Waals surface area contributed by atoms with Crippen molar-refractivity contribution in [3.63, 3.8) is 0 Å². The van der Waals surface area contributed by atoms with E-state index >= 15 is 0 Å². The van der Waals surface area contributed by atoms with E-state index in [9.17, 15) is 9.59 Å². The number of hydrogen-bond donors (Lipinski definition) is 0. The van der Waals surface area contributed by atoms with Crippen molar-refractivity contribution in [3.05, 3.63) is 66.2 Å². The molecular weight excluding hydrogens is 457 g/mol. The SMILES string of the molecule is CC(C)(C)OC(=O)[C@@H]1CC[C@H](CC[Se]c2ccccc2)N1C(=O)OCc1ccccc1. The van der Waals surface area contributed by atoms with E-state index in [1.54, 1.807) is 4.90 Å². The van der Waals surface area contributed by atoms with Crippen LogP contribution in [0, 0.1) is 0 Å². The normalized spacial score (nSPS) is 18.6. The summed E-state index contributed by atoms with van der Waals surface area (Å²) in [5.41, 5.74) is 0.332. The molecular formula is C25H31NO4Se. The van der Waals surface area contributed by atoms with Crippen LogP contribution < -0.4 is 4.46 Å². The van der Waals surface area contributed by atoms with Gasteiger partial charge in [-0.3, -0.25) is 0 Å². The molecule has 0 N–H and O–H groups in total. The zero-order valence-corrected chi connectivity index (χ0v) is 20.2. The first-order valence-corrected chi connectivity index (χ1v) is 12.8. The summed E-state index contributed by atoms with van der Waals surface area (Å²) in [6.45, 7) is 5.73. The van der Waals surface area contributed by atoms with E-state index in [4.69, 9.17) is 9.47 Å². The number of esters is 1. The van der Waals surface area contributed by atoms with Gasteiger partial charge in [0.05, 0.1) is 0 Å². The number of carbonyl (C=O) groups is 2. The van der Waals surface area contributed by atoms with Crippen molar-refractivity contribution in [2.45, 2.75) is 69.6 Å². The first-order valence-electron chi connectivity index (χ1n) is 10.7. The Morgan fingerprint density at radius 2 is 1.65 bits per heavy atom.